The Labute approximate surface area is 212 Å². The molecule has 2 aliphatic rings. The van der Waals surface area contributed by atoms with Crippen molar-refractivity contribution < 1.29 is 13.6 Å². The third-order valence-electron chi connectivity index (χ3n) is 5.87. The Bertz CT molecular complexity index is 917. The van der Waals surface area contributed by atoms with E-state index in [2.05, 4.69) is 33.5 Å². The van der Waals surface area contributed by atoms with Gasteiger partial charge in [-0.1, -0.05) is 13.0 Å². The van der Waals surface area contributed by atoms with Crippen LogP contribution in [0.25, 0.3) is 0 Å². The zero-order chi connectivity index (χ0) is 25.6. The smallest absolute Gasteiger partial charge is 0.266 e. The van der Waals surface area contributed by atoms with Gasteiger partial charge in [0.15, 0.2) is 0 Å². The van der Waals surface area contributed by atoms with Crippen LogP contribution in [0.4, 0.5) is 8.78 Å². The summed E-state index contributed by atoms with van der Waals surface area (Å²) in [6, 6.07) is 0. The minimum atomic E-state index is -0.693. The molecule has 0 aromatic heterocycles. The molecule has 0 aliphatic carbocycles. The van der Waals surface area contributed by atoms with Crippen molar-refractivity contribution in [3.05, 3.63) is 58.8 Å². The zero-order valence-corrected chi connectivity index (χ0v) is 21.7. The Morgan fingerprint density at radius 2 is 2.00 bits per heavy atom. The second-order valence-electron chi connectivity index (χ2n) is 8.15. The number of piperidine rings is 1. The lowest BCUT2D eigenvalue weighted by molar-refractivity contribution is -0.125. The largest absolute Gasteiger partial charge is 0.394 e. The van der Waals surface area contributed by atoms with Crippen LogP contribution in [0.2, 0.25) is 0 Å². The van der Waals surface area contributed by atoms with Gasteiger partial charge in [0.1, 0.15) is 12.5 Å². The Morgan fingerprint density at radius 3 is 2.60 bits per heavy atom. The van der Waals surface area contributed by atoms with Gasteiger partial charge < -0.3 is 15.1 Å². The van der Waals surface area contributed by atoms with Crippen molar-refractivity contribution in [1.29, 1.82) is 0 Å². The van der Waals surface area contributed by atoms with E-state index in [-0.39, 0.29) is 11.7 Å². The van der Waals surface area contributed by atoms with Crippen molar-refractivity contribution in [2.75, 3.05) is 39.1 Å². The molecule has 1 fully saturated rings. The van der Waals surface area contributed by atoms with E-state index in [1.165, 1.54) is 29.2 Å². The van der Waals surface area contributed by atoms with Crippen molar-refractivity contribution in [3.8, 4) is 0 Å². The van der Waals surface area contributed by atoms with E-state index in [0.717, 1.165) is 25.9 Å². The lowest BCUT2D eigenvalue weighted by atomic mass is 10.1. The van der Waals surface area contributed by atoms with E-state index in [1.807, 2.05) is 6.92 Å². The van der Waals surface area contributed by atoms with Crippen LogP contribution >= 0.6 is 11.8 Å². The van der Waals surface area contributed by atoms with Gasteiger partial charge in [-0.2, -0.15) is 4.39 Å². The number of aliphatic imine (C=N–C) groups is 2. The Morgan fingerprint density at radius 1 is 1.26 bits per heavy atom. The molecule has 2 aliphatic heterocycles. The van der Waals surface area contributed by atoms with Crippen molar-refractivity contribution in [3.63, 3.8) is 0 Å². The van der Waals surface area contributed by atoms with Crippen molar-refractivity contribution in [2.24, 2.45) is 9.98 Å². The molecule has 6 nitrogen and oxygen atoms in total. The molecule has 0 atom stereocenters. The molecule has 2 heterocycles. The minimum absolute atomic E-state index is 0.260. The summed E-state index contributed by atoms with van der Waals surface area (Å²) < 4.78 is 28.4. The summed E-state index contributed by atoms with van der Waals surface area (Å²) in [6.45, 7) is 10.7. The first-order chi connectivity index (χ1) is 17.0. The SMILES string of the molecule is C=CCC(=N/C(F)=C(\CC)CSC1=C(N=C)CCN(C(/C=C\NC)=C/CF)C1=O)N1CCCCC1. The van der Waals surface area contributed by atoms with Gasteiger partial charge >= 0.3 is 0 Å². The highest BCUT2D eigenvalue weighted by molar-refractivity contribution is 8.04. The number of carbonyl (C=O) groups is 1. The Hall–Kier alpha value is -2.68. The molecular weight excluding hydrogens is 468 g/mol. The first-order valence-electron chi connectivity index (χ1n) is 12.1. The molecule has 2 rings (SSSR count). The van der Waals surface area contributed by atoms with Crippen LogP contribution < -0.4 is 5.32 Å². The maximum absolute atomic E-state index is 15.3. The first-order valence-corrected chi connectivity index (χ1v) is 13.0. The fourth-order valence-corrected chi connectivity index (χ4v) is 5.13. The molecule has 0 aromatic carbocycles. The number of allylic oxidation sites excluding steroid dienone is 2. The number of nitrogens with one attached hydrogen (secondary N) is 1. The van der Waals surface area contributed by atoms with Crippen molar-refractivity contribution in [1.82, 2.24) is 15.1 Å². The summed E-state index contributed by atoms with van der Waals surface area (Å²) in [7, 11) is 1.73. The van der Waals surface area contributed by atoms with E-state index >= 15 is 4.39 Å². The summed E-state index contributed by atoms with van der Waals surface area (Å²) in [5.41, 5.74) is 1.56. The molecule has 1 saturated heterocycles. The number of nitrogens with zero attached hydrogens (tertiary/aromatic N) is 4. The minimum Gasteiger partial charge on any atom is -0.394 e. The topological polar surface area (TPSA) is 60.3 Å². The van der Waals surface area contributed by atoms with E-state index < -0.39 is 12.6 Å². The predicted molar refractivity (Wildman–Crippen MR) is 144 cm³/mol. The van der Waals surface area contributed by atoms with Gasteiger partial charge in [0.25, 0.3) is 5.91 Å². The standard InChI is InChI=1S/C26H37F2N5OS/c1-5-10-23(32-16-8-7-9-17-32)31-25(28)20(6-2)19-35-24-22(30-4)13-18-33(26(24)34)21(11-14-27)12-15-29-3/h5,11-12,15,29H,1,4,6-10,13-14,16-19H2,2-3H3/b15-12-,21-11+,25-20+,31-23?. The van der Waals surface area contributed by atoms with Crippen LogP contribution in [-0.2, 0) is 4.79 Å². The maximum atomic E-state index is 15.3. The number of alkyl halides is 1. The van der Waals surface area contributed by atoms with Gasteiger partial charge in [-0.05, 0) is 56.3 Å². The summed E-state index contributed by atoms with van der Waals surface area (Å²) in [5.74, 6) is 0.156. The molecule has 1 amide bonds. The van der Waals surface area contributed by atoms with E-state index in [4.69, 9.17) is 0 Å². The Kier molecular flexibility index (Phi) is 12.5. The normalized spacial score (nSPS) is 18.8. The summed E-state index contributed by atoms with van der Waals surface area (Å²) in [4.78, 5) is 25.7. The second kappa shape index (κ2) is 15.3. The fourth-order valence-electron chi connectivity index (χ4n) is 3.92. The number of halogens is 2. The number of amides is 1. The third kappa shape index (κ3) is 8.19. The maximum Gasteiger partial charge on any atom is 0.266 e. The molecular formula is C26H37F2N5OS. The van der Waals surface area contributed by atoms with Crippen LogP contribution in [0.5, 0.6) is 0 Å². The van der Waals surface area contributed by atoms with Crippen LogP contribution in [0.15, 0.2) is 68.8 Å². The number of hydrogen-bond acceptors (Lipinski definition) is 5. The highest BCUT2D eigenvalue weighted by atomic mass is 32.2. The molecule has 0 saturated carbocycles. The summed E-state index contributed by atoms with van der Waals surface area (Å²) in [5, 5.41) is 2.85. The van der Waals surface area contributed by atoms with Crippen LogP contribution in [0.3, 0.4) is 0 Å². The average molecular weight is 506 g/mol. The lowest BCUT2D eigenvalue weighted by Gasteiger charge is -2.30. The molecule has 1 N–H and O–H groups in total. The number of hydrogen-bond donors (Lipinski definition) is 1. The molecule has 35 heavy (non-hydrogen) atoms. The van der Waals surface area contributed by atoms with E-state index in [9.17, 15) is 9.18 Å². The molecule has 9 heteroatoms. The molecule has 0 aromatic rings. The van der Waals surface area contributed by atoms with Gasteiger partial charge in [0.05, 0.1) is 10.6 Å². The molecule has 0 bridgehead atoms. The number of rotatable bonds is 12. The first kappa shape index (κ1) is 28.6. The fraction of sp³-hybridized carbons (Fsp3) is 0.500. The highest BCUT2D eigenvalue weighted by Gasteiger charge is 2.29. The quantitative estimate of drug-likeness (QED) is 0.125. The Balaban J connectivity index is 2.27. The average Bonchev–Trinajstić information content (AvgIpc) is 2.88. The van der Waals surface area contributed by atoms with Gasteiger partial charge in [-0.15, -0.1) is 18.3 Å². The summed E-state index contributed by atoms with van der Waals surface area (Å²) >= 11 is 1.23. The van der Waals surface area contributed by atoms with Gasteiger partial charge in [0.2, 0.25) is 5.95 Å². The lowest BCUT2D eigenvalue weighted by Crippen LogP contribution is -2.35. The number of thioether (sulfide) groups is 1. The van der Waals surface area contributed by atoms with Crippen LogP contribution in [0, 0.1) is 0 Å². The van der Waals surface area contributed by atoms with Gasteiger partial charge in [-0.25, -0.2) is 9.38 Å². The van der Waals surface area contributed by atoms with E-state index in [1.54, 1.807) is 25.4 Å². The van der Waals surface area contributed by atoms with Crippen molar-refractivity contribution >= 4 is 30.2 Å². The van der Waals surface area contributed by atoms with Crippen molar-refractivity contribution in [2.45, 2.75) is 45.4 Å². The van der Waals surface area contributed by atoms with E-state index in [0.29, 0.717) is 53.5 Å². The number of amidine groups is 1. The predicted octanol–water partition coefficient (Wildman–Crippen LogP) is 5.50. The summed E-state index contributed by atoms with van der Waals surface area (Å²) in [6.07, 6.45) is 11.2. The number of carbonyl (C=O) groups excluding carboxylic acids is 1. The molecule has 0 radical (unpaired) electrons. The van der Waals surface area contributed by atoms with Crippen LogP contribution in [0.1, 0.15) is 45.4 Å². The van der Waals surface area contributed by atoms with Gasteiger partial charge in [-0.3, -0.25) is 9.79 Å². The molecule has 0 spiro atoms. The molecule has 192 valence electrons. The monoisotopic (exact) mass is 505 g/mol. The van der Waals surface area contributed by atoms with Gasteiger partial charge in [0, 0.05) is 51.0 Å². The highest BCUT2D eigenvalue weighted by Crippen LogP contribution is 2.33. The van der Waals surface area contributed by atoms with Crippen LogP contribution in [-0.4, -0.2) is 67.4 Å². The zero-order valence-electron chi connectivity index (χ0n) is 20.9. The third-order valence-corrected chi connectivity index (χ3v) is 7.06. The molecule has 0 unspecified atom stereocenters. The number of likely N-dealkylation sites (tertiary alicyclic amines) is 1. The second-order valence-corrected chi connectivity index (χ2v) is 9.14.